The zero-order valence-corrected chi connectivity index (χ0v) is 20.8. The van der Waals surface area contributed by atoms with E-state index in [9.17, 15) is 0 Å². The smallest absolute Gasteiger partial charge is 0.174 e. The van der Waals surface area contributed by atoms with E-state index >= 15 is 0 Å². The van der Waals surface area contributed by atoms with Gasteiger partial charge in [-0.3, -0.25) is 9.97 Å². The molecule has 5 aromatic rings. The maximum atomic E-state index is 6.01. The number of benzene rings is 2. The first-order valence-electron chi connectivity index (χ1n) is 12.1. The van der Waals surface area contributed by atoms with Crippen LogP contribution in [0.4, 0.5) is 5.69 Å². The van der Waals surface area contributed by atoms with E-state index in [-0.39, 0.29) is 12.1 Å². The van der Waals surface area contributed by atoms with Gasteiger partial charge in [-0.05, 0) is 84.5 Å². The fourth-order valence-electron chi connectivity index (χ4n) is 4.76. The summed E-state index contributed by atoms with van der Waals surface area (Å²) in [5.74, 6) is 1.57. The van der Waals surface area contributed by atoms with Crippen molar-refractivity contribution in [2.75, 3.05) is 4.90 Å². The summed E-state index contributed by atoms with van der Waals surface area (Å²) >= 11 is 5.90. The molecule has 0 spiro atoms. The molecule has 1 fully saturated rings. The molecule has 1 N–H and O–H groups in total. The Morgan fingerprint density at radius 1 is 0.811 bits per heavy atom. The Labute approximate surface area is 221 Å². The van der Waals surface area contributed by atoms with E-state index in [0.717, 1.165) is 34.1 Å². The first-order valence-corrected chi connectivity index (χ1v) is 12.5. The zero-order chi connectivity index (χ0) is 25.0. The molecule has 0 aliphatic carbocycles. The Kier molecular flexibility index (Phi) is 6.35. The summed E-state index contributed by atoms with van der Waals surface area (Å²) < 4.78 is 8.27. The van der Waals surface area contributed by atoms with E-state index in [4.69, 9.17) is 17.0 Å². The van der Waals surface area contributed by atoms with Crippen molar-refractivity contribution in [3.63, 3.8) is 0 Å². The average Bonchev–Trinajstić information content (AvgIpc) is 3.54. The minimum Gasteiger partial charge on any atom is -0.457 e. The van der Waals surface area contributed by atoms with Crippen LogP contribution in [-0.4, -0.2) is 19.6 Å². The standard InChI is InChI=1S/C30H25N5OS/c37-30-33-28(26-11-4-5-18-32-26)29(27-12-7-19-34(27)21-22-8-6-17-31-20-22)35(30)23-13-15-25(16-14-23)36-24-9-2-1-3-10-24/h1-20,28-29H,21H2,(H,33,37)/t28-,29-/m0/s1. The zero-order valence-electron chi connectivity index (χ0n) is 20.0. The van der Waals surface area contributed by atoms with Crippen molar-refractivity contribution < 1.29 is 4.74 Å². The number of para-hydroxylation sites is 1. The van der Waals surface area contributed by atoms with Gasteiger partial charge < -0.3 is 19.5 Å². The Morgan fingerprint density at radius 3 is 2.38 bits per heavy atom. The van der Waals surface area contributed by atoms with Crippen LogP contribution in [0.1, 0.15) is 29.0 Å². The van der Waals surface area contributed by atoms with Crippen LogP contribution in [0.3, 0.4) is 0 Å². The Bertz CT molecular complexity index is 1470. The molecule has 2 aromatic carbocycles. The fraction of sp³-hybridized carbons (Fsp3) is 0.100. The molecule has 182 valence electrons. The summed E-state index contributed by atoms with van der Waals surface area (Å²) in [5, 5.41) is 4.20. The van der Waals surface area contributed by atoms with Gasteiger partial charge in [0, 0.05) is 42.7 Å². The number of nitrogens with one attached hydrogen (secondary N) is 1. The number of pyridine rings is 2. The summed E-state index contributed by atoms with van der Waals surface area (Å²) in [6.45, 7) is 0.714. The molecule has 1 saturated heterocycles. The van der Waals surface area contributed by atoms with Gasteiger partial charge in [0.15, 0.2) is 5.11 Å². The molecule has 0 amide bonds. The highest BCUT2D eigenvalue weighted by atomic mass is 32.1. The maximum Gasteiger partial charge on any atom is 0.174 e. The van der Waals surface area contributed by atoms with E-state index in [2.05, 4.69) is 61.3 Å². The topological polar surface area (TPSA) is 55.2 Å². The molecular formula is C30H25N5OS. The molecule has 2 atom stereocenters. The van der Waals surface area contributed by atoms with E-state index in [1.54, 1.807) is 6.20 Å². The quantitative estimate of drug-likeness (QED) is 0.263. The Morgan fingerprint density at radius 2 is 1.62 bits per heavy atom. The van der Waals surface area contributed by atoms with Crippen molar-refractivity contribution >= 4 is 23.0 Å². The number of hydrogen-bond donors (Lipinski definition) is 1. The van der Waals surface area contributed by atoms with Gasteiger partial charge in [-0.25, -0.2) is 0 Å². The lowest BCUT2D eigenvalue weighted by molar-refractivity contribution is 0.482. The van der Waals surface area contributed by atoms with Crippen LogP contribution in [0.15, 0.2) is 122 Å². The molecule has 7 heteroatoms. The van der Waals surface area contributed by atoms with Crippen LogP contribution in [0.25, 0.3) is 0 Å². The Balaban J connectivity index is 1.36. The number of anilines is 1. The third-order valence-corrected chi connectivity index (χ3v) is 6.75. The summed E-state index contributed by atoms with van der Waals surface area (Å²) in [6, 6.07) is 31.9. The van der Waals surface area contributed by atoms with Crippen molar-refractivity contribution in [3.8, 4) is 11.5 Å². The molecule has 4 heterocycles. The molecule has 0 bridgehead atoms. The number of thiocarbonyl (C=S) groups is 1. The van der Waals surface area contributed by atoms with Gasteiger partial charge in [-0.15, -0.1) is 0 Å². The highest BCUT2D eigenvalue weighted by molar-refractivity contribution is 7.80. The number of rotatable bonds is 7. The molecular weight excluding hydrogens is 478 g/mol. The summed E-state index contributed by atoms with van der Waals surface area (Å²) in [5.41, 5.74) is 4.19. The van der Waals surface area contributed by atoms with Gasteiger partial charge in [0.05, 0.1) is 11.7 Å². The minimum absolute atomic E-state index is 0.102. The monoisotopic (exact) mass is 503 g/mol. The number of nitrogens with zero attached hydrogens (tertiary/aromatic N) is 4. The van der Waals surface area contributed by atoms with Crippen LogP contribution < -0.4 is 15.0 Å². The molecule has 0 radical (unpaired) electrons. The van der Waals surface area contributed by atoms with Crippen molar-refractivity contribution in [2.24, 2.45) is 0 Å². The van der Waals surface area contributed by atoms with Crippen molar-refractivity contribution in [3.05, 3.63) is 139 Å². The first-order chi connectivity index (χ1) is 18.3. The van der Waals surface area contributed by atoms with Crippen molar-refractivity contribution in [1.82, 2.24) is 19.9 Å². The summed E-state index contributed by atoms with van der Waals surface area (Å²) in [7, 11) is 0. The van der Waals surface area contributed by atoms with Gasteiger partial charge in [0.1, 0.15) is 17.5 Å². The second-order valence-corrected chi connectivity index (χ2v) is 9.21. The van der Waals surface area contributed by atoms with E-state index in [1.165, 1.54) is 0 Å². The van der Waals surface area contributed by atoms with Crippen LogP contribution >= 0.6 is 12.2 Å². The molecule has 1 aliphatic heterocycles. The lowest BCUT2D eigenvalue weighted by Gasteiger charge is -2.29. The van der Waals surface area contributed by atoms with Gasteiger partial charge in [0.2, 0.25) is 0 Å². The van der Waals surface area contributed by atoms with Gasteiger partial charge in [0.25, 0.3) is 0 Å². The number of aromatic nitrogens is 3. The van der Waals surface area contributed by atoms with Gasteiger partial charge in [-0.2, -0.15) is 0 Å². The molecule has 37 heavy (non-hydrogen) atoms. The lowest BCUT2D eigenvalue weighted by Crippen LogP contribution is -2.30. The summed E-state index contributed by atoms with van der Waals surface area (Å²) in [4.78, 5) is 11.1. The van der Waals surface area contributed by atoms with Crippen LogP contribution in [0.2, 0.25) is 0 Å². The van der Waals surface area contributed by atoms with Crippen LogP contribution in [-0.2, 0) is 6.54 Å². The van der Waals surface area contributed by atoms with Gasteiger partial charge >= 0.3 is 0 Å². The largest absolute Gasteiger partial charge is 0.457 e. The second-order valence-electron chi connectivity index (χ2n) is 8.83. The number of hydrogen-bond acceptors (Lipinski definition) is 4. The number of ether oxygens (including phenoxy) is 1. The SMILES string of the molecule is S=C1N[C@@H](c2ccccn2)[C@H](c2cccn2Cc2cccnc2)N1c1ccc(Oc2ccccc2)cc1. The third kappa shape index (κ3) is 4.81. The molecule has 1 aliphatic rings. The first kappa shape index (κ1) is 22.9. The minimum atomic E-state index is -0.114. The predicted molar refractivity (Wildman–Crippen MR) is 149 cm³/mol. The second kappa shape index (κ2) is 10.2. The molecule has 6 nitrogen and oxygen atoms in total. The molecule has 0 unspecified atom stereocenters. The lowest BCUT2D eigenvalue weighted by atomic mass is 10.0. The van der Waals surface area contributed by atoms with E-state index in [1.807, 2.05) is 79.1 Å². The highest BCUT2D eigenvalue weighted by Crippen LogP contribution is 2.42. The predicted octanol–water partition coefficient (Wildman–Crippen LogP) is 6.30. The van der Waals surface area contributed by atoms with Gasteiger partial charge in [-0.1, -0.05) is 30.3 Å². The summed E-state index contributed by atoms with van der Waals surface area (Å²) in [6.07, 6.45) is 7.63. The normalized spacial score (nSPS) is 17.0. The average molecular weight is 504 g/mol. The fourth-order valence-corrected chi connectivity index (χ4v) is 5.11. The molecule has 3 aromatic heterocycles. The van der Waals surface area contributed by atoms with Crippen molar-refractivity contribution in [2.45, 2.75) is 18.6 Å². The Hall–Kier alpha value is -4.49. The highest BCUT2D eigenvalue weighted by Gasteiger charge is 2.42. The van der Waals surface area contributed by atoms with Crippen LogP contribution in [0.5, 0.6) is 11.5 Å². The van der Waals surface area contributed by atoms with Crippen molar-refractivity contribution in [1.29, 1.82) is 0 Å². The third-order valence-electron chi connectivity index (χ3n) is 6.44. The van der Waals surface area contributed by atoms with E-state index in [0.29, 0.717) is 11.7 Å². The maximum absolute atomic E-state index is 6.01. The molecule has 0 saturated carbocycles. The molecule has 6 rings (SSSR count). The van der Waals surface area contributed by atoms with E-state index < -0.39 is 0 Å². The van der Waals surface area contributed by atoms with Crippen LogP contribution in [0, 0.1) is 0 Å².